The molecule has 2 aliphatic heterocycles. The molecule has 9 heteroatoms. The molecule has 0 saturated carbocycles. The molecular formula is C18H24FN7O. The van der Waals surface area contributed by atoms with E-state index in [1.165, 1.54) is 6.33 Å². The Hall–Kier alpha value is -2.55. The molecule has 1 N–H and O–H groups in total. The van der Waals surface area contributed by atoms with Crippen LogP contribution in [0, 0.1) is 5.82 Å². The summed E-state index contributed by atoms with van der Waals surface area (Å²) in [4.78, 5) is 21.3. The quantitative estimate of drug-likeness (QED) is 0.845. The van der Waals surface area contributed by atoms with Crippen LogP contribution >= 0.6 is 0 Å². The topological polar surface area (TPSA) is 79.3 Å². The van der Waals surface area contributed by atoms with Gasteiger partial charge in [0.2, 0.25) is 5.95 Å². The number of aromatic nitrogens is 4. The van der Waals surface area contributed by atoms with Gasteiger partial charge in [0.1, 0.15) is 12.1 Å². The molecule has 4 heterocycles. The summed E-state index contributed by atoms with van der Waals surface area (Å²) in [6.07, 6.45) is 4.63. The summed E-state index contributed by atoms with van der Waals surface area (Å²) in [5.41, 5.74) is 0.456. The van der Waals surface area contributed by atoms with Crippen LogP contribution in [0.15, 0.2) is 18.6 Å². The lowest BCUT2D eigenvalue weighted by molar-refractivity contribution is 0.122. The van der Waals surface area contributed by atoms with E-state index in [0.717, 1.165) is 31.9 Å². The number of ether oxygens (including phenoxy) is 1. The van der Waals surface area contributed by atoms with Crippen molar-refractivity contribution in [3.05, 3.63) is 30.1 Å². The summed E-state index contributed by atoms with van der Waals surface area (Å²) in [5.74, 6) is 1.57. The van der Waals surface area contributed by atoms with Crippen LogP contribution in [0.4, 0.5) is 22.0 Å². The summed E-state index contributed by atoms with van der Waals surface area (Å²) in [6.45, 7) is 6.38. The highest BCUT2D eigenvalue weighted by atomic mass is 19.1. The van der Waals surface area contributed by atoms with E-state index in [9.17, 15) is 4.39 Å². The van der Waals surface area contributed by atoms with Crippen molar-refractivity contribution in [2.24, 2.45) is 0 Å². The van der Waals surface area contributed by atoms with Gasteiger partial charge in [-0.25, -0.2) is 19.3 Å². The minimum Gasteiger partial charge on any atom is -0.378 e. The first-order chi connectivity index (χ1) is 13.2. The van der Waals surface area contributed by atoms with Crippen LogP contribution in [-0.4, -0.2) is 65.4 Å². The smallest absolute Gasteiger partial charge is 0.224 e. The summed E-state index contributed by atoms with van der Waals surface area (Å²) >= 11 is 0. The fourth-order valence-electron chi connectivity index (χ4n) is 3.50. The maximum Gasteiger partial charge on any atom is 0.224 e. The van der Waals surface area contributed by atoms with E-state index >= 15 is 0 Å². The number of nitrogens with zero attached hydrogens (tertiary/aromatic N) is 6. The number of hydrogen-bond acceptors (Lipinski definition) is 8. The van der Waals surface area contributed by atoms with Gasteiger partial charge in [-0.15, -0.1) is 0 Å². The van der Waals surface area contributed by atoms with Crippen LogP contribution < -0.4 is 15.1 Å². The summed E-state index contributed by atoms with van der Waals surface area (Å²) in [5, 5.41) is 3.38. The third kappa shape index (κ3) is 3.92. The van der Waals surface area contributed by atoms with Gasteiger partial charge in [-0.1, -0.05) is 6.92 Å². The van der Waals surface area contributed by atoms with Gasteiger partial charge in [-0.3, -0.25) is 0 Å². The lowest BCUT2D eigenvalue weighted by Crippen LogP contribution is -2.37. The lowest BCUT2D eigenvalue weighted by Gasteiger charge is -2.28. The summed E-state index contributed by atoms with van der Waals surface area (Å²) in [6, 6.07) is 2.06. The van der Waals surface area contributed by atoms with Crippen molar-refractivity contribution in [1.82, 2.24) is 19.9 Å². The molecular weight excluding hydrogens is 349 g/mol. The molecule has 2 fully saturated rings. The molecule has 4 rings (SSSR count). The van der Waals surface area contributed by atoms with E-state index in [4.69, 9.17) is 4.74 Å². The maximum absolute atomic E-state index is 14.5. The van der Waals surface area contributed by atoms with Crippen LogP contribution in [-0.2, 0) is 11.2 Å². The second-order valence-corrected chi connectivity index (χ2v) is 6.73. The van der Waals surface area contributed by atoms with E-state index < -0.39 is 0 Å². The van der Waals surface area contributed by atoms with Crippen molar-refractivity contribution < 1.29 is 9.13 Å². The fraction of sp³-hybridized carbons (Fsp3) is 0.556. The molecule has 0 radical (unpaired) electrons. The molecule has 2 saturated heterocycles. The number of aryl methyl sites for hydroxylation is 1. The van der Waals surface area contributed by atoms with E-state index in [0.29, 0.717) is 43.6 Å². The van der Waals surface area contributed by atoms with Gasteiger partial charge in [0, 0.05) is 38.4 Å². The van der Waals surface area contributed by atoms with Crippen molar-refractivity contribution >= 4 is 17.6 Å². The van der Waals surface area contributed by atoms with Crippen LogP contribution in [0.3, 0.4) is 0 Å². The van der Waals surface area contributed by atoms with Crippen molar-refractivity contribution in [1.29, 1.82) is 0 Å². The normalized spacial score (nSPS) is 20.1. The minimum atomic E-state index is -0.314. The van der Waals surface area contributed by atoms with Crippen LogP contribution in [0.1, 0.15) is 19.0 Å². The van der Waals surface area contributed by atoms with Gasteiger partial charge in [-0.05, 0) is 18.9 Å². The fourth-order valence-corrected chi connectivity index (χ4v) is 3.50. The Labute approximate surface area is 157 Å². The Morgan fingerprint density at radius 2 is 2.04 bits per heavy atom. The highest BCUT2D eigenvalue weighted by molar-refractivity contribution is 5.46. The average molecular weight is 373 g/mol. The number of nitrogens with one attached hydrogen (secondary N) is 1. The average Bonchev–Trinajstić information content (AvgIpc) is 3.17. The Morgan fingerprint density at radius 3 is 2.85 bits per heavy atom. The Morgan fingerprint density at radius 1 is 1.19 bits per heavy atom. The van der Waals surface area contributed by atoms with Gasteiger partial charge in [0.05, 0.1) is 18.9 Å². The van der Waals surface area contributed by atoms with E-state index in [-0.39, 0.29) is 11.9 Å². The van der Waals surface area contributed by atoms with E-state index in [2.05, 4.69) is 30.2 Å². The van der Waals surface area contributed by atoms with Crippen LogP contribution in [0.25, 0.3) is 0 Å². The molecule has 144 valence electrons. The number of morpholine rings is 1. The third-order valence-electron chi connectivity index (χ3n) is 4.98. The molecule has 27 heavy (non-hydrogen) atoms. The molecule has 2 aliphatic rings. The molecule has 8 nitrogen and oxygen atoms in total. The van der Waals surface area contributed by atoms with Crippen molar-refractivity contribution in [3.63, 3.8) is 0 Å². The Balaban J connectivity index is 1.41. The standard InChI is InChI=1S/C18H24FN7O/c1-2-14-16(19)17(22-12-21-14)26-6-4-13(11-26)23-18-20-5-3-15(24-18)25-7-9-27-10-8-25/h3,5,12-13H,2,4,6-11H2,1H3,(H,20,23,24). The SMILES string of the molecule is CCc1ncnc(N2CCC(Nc3nccc(N4CCOCC4)n3)C2)c1F. The first kappa shape index (κ1) is 17.8. The highest BCUT2D eigenvalue weighted by Crippen LogP contribution is 2.24. The number of rotatable bonds is 5. The minimum absolute atomic E-state index is 0.143. The zero-order chi connectivity index (χ0) is 18.6. The lowest BCUT2D eigenvalue weighted by atomic mass is 10.3. The predicted molar refractivity (Wildman–Crippen MR) is 101 cm³/mol. The van der Waals surface area contributed by atoms with Gasteiger partial charge in [0.15, 0.2) is 11.6 Å². The van der Waals surface area contributed by atoms with Gasteiger partial charge < -0.3 is 19.9 Å². The van der Waals surface area contributed by atoms with Gasteiger partial charge in [0.25, 0.3) is 0 Å². The zero-order valence-electron chi connectivity index (χ0n) is 15.4. The summed E-state index contributed by atoms with van der Waals surface area (Å²) < 4.78 is 19.9. The predicted octanol–water partition coefficient (Wildman–Crippen LogP) is 1.50. The van der Waals surface area contributed by atoms with Gasteiger partial charge in [-0.2, -0.15) is 4.98 Å². The largest absolute Gasteiger partial charge is 0.378 e. The molecule has 1 atom stereocenters. The third-order valence-corrected chi connectivity index (χ3v) is 4.98. The molecule has 0 amide bonds. The monoisotopic (exact) mass is 373 g/mol. The van der Waals surface area contributed by atoms with Crippen molar-refractivity contribution in [2.75, 3.05) is 54.5 Å². The first-order valence-corrected chi connectivity index (χ1v) is 9.41. The maximum atomic E-state index is 14.5. The number of halogens is 1. The van der Waals surface area contributed by atoms with Crippen LogP contribution in [0.5, 0.6) is 0 Å². The summed E-state index contributed by atoms with van der Waals surface area (Å²) in [7, 11) is 0. The van der Waals surface area contributed by atoms with Crippen LogP contribution in [0.2, 0.25) is 0 Å². The molecule has 0 aromatic carbocycles. The Kier molecular flexibility index (Phi) is 5.28. The zero-order valence-corrected chi connectivity index (χ0v) is 15.4. The van der Waals surface area contributed by atoms with Crippen molar-refractivity contribution in [2.45, 2.75) is 25.8 Å². The van der Waals surface area contributed by atoms with Crippen molar-refractivity contribution in [3.8, 4) is 0 Å². The number of hydrogen-bond donors (Lipinski definition) is 1. The first-order valence-electron chi connectivity index (χ1n) is 9.41. The molecule has 0 spiro atoms. The molecule has 2 aromatic heterocycles. The molecule has 2 aromatic rings. The van der Waals surface area contributed by atoms with Gasteiger partial charge >= 0.3 is 0 Å². The highest BCUT2D eigenvalue weighted by Gasteiger charge is 2.27. The molecule has 0 bridgehead atoms. The molecule has 0 aliphatic carbocycles. The molecule has 1 unspecified atom stereocenters. The Bertz CT molecular complexity index is 784. The second kappa shape index (κ2) is 7.99. The van der Waals surface area contributed by atoms with E-state index in [1.807, 2.05) is 17.9 Å². The second-order valence-electron chi connectivity index (χ2n) is 6.73. The number of anilines is 3. The van der Waals surface area contributed by atoms with E-state index in [1.54, 1.807) is 6.20 Å².